The van der Waals surface area contributed by atoms with Crippen molar-refractivity contribution in [2.24, 2.45) is 11.8 Å². The normalized spacial score (nSPS) is 35.8. The van der Waals surface area contributed by atoms with Crippen molar-refractivity contribution in [3.05, 3.63) is 12.2 Å². The summed E-state index contributed by atoms with van der Waals surface area (Å²) in [5, 5.41) is 9.65. The molecule has 0 aromatic heterocycles. The minimum absolute atomic E-state index is 0.0283. The molecule has 2 fully saturated rings. The van der Waals surface area contributed by atoms with Gasteiger partial charge in [0.2, 0.25) is 11.8 Å². The quantitative estimate of drug-likeness (QED) is 0.577. The van der Waals surface area contributed by atoms with Crippen LogP contribution < -0.4 is 0 Å². The fourth-order valence-electron chi connectivity index (χ4n) is 3.37. The van der Waals surface area contributed by atoms with E-state index in [0.717, 1.165) is 19.4 Å². The third-order valence-corrected chi connectivity index (χ3v) is 4.42. The average Bonchev–Trinajstić information content (AvgIpc) is 2.65. The molecular weight excluding hydrogens is 244 g/mol. The van der Waals surface area contributed by atoms with Crippen LogP contribution in [0.4, 0.5) is 0 Å². The molecule has 0 saturated carbocycles. The Morgan fingerprint density at radius 2 is 1.79 bits per heavy atom. The highest BCUT2D eigenvalue weighted by Gasteiger charge is 2.47. The summed E-state index contributed by atoms with van der Waals surface area (Å²) in [5.41, 5.74) is 0. The first kappa shape index (κ1) is 12.8. The smallest absolute Gasteiger partial charge is 0.234 e. The maximum atomic E-state index is 12.3. The predicted molar refractivity (Wildman–Crippen MR) is 68.9 cm³/mol. The summed E-state index contributed by atoms with van der Waals surface area (Å²) >= 11 is 0. The van der Waals surface area contributed by atoms with E-state index >= 15 is 0 Å². The summed E-state index contributed by atoms with van der Waals surface area (Å²) in [6.07, 6.45) is 6.79. The van der Waals surface area contributed by atoms with Crippen LogP contribution in [0.2, 0.25) is 0 Å². The number of carbonyl (C=O) groups is 2. The Hall–Kier alpha value is -1.20. The second-order valence-electron chi connectivity index (χ2n) is 5.77. The number of allylic oxidation sites excluding steroid dienone is 2. The molecule has 1 N–H and O–H groups in total. The number of fused-ring (bicyclic) bond motifs is 1. The topological polar surface area (TPSA) is 60.9 Å². The zero-order valence-corrected chi connectivity index (χ0v) is 11.0. The molecule has 5 heteroatoms. The number of amides is 2. The van der Waals surface area contributed by atoms with Gasteiger partial charge in [-0.1, -0.05) is 12.2 Å². The Labute approximate surface area is 112 Å². The van der Waals surface area contributed by atoms with Gasteiger partial charge in [-0.25, -0.2) is 0 Å². The zero-order chi connectivity index (χ0) is 13.4. The van der Waals surface area contributed by atoms with E-state index < -0.39 is 0 Å². The molecule has 5 nitrogen and oxygen atoms in total. The van der Waals surface area contributed by atoms with E-state index in [9.17, 15) is 14.7 Å². The highest BCUT2D eigenvalue weighted by Crippen LogP contribution is 2.35. The van der Waals surface area contributed by atoms with Gasteiger partial charge in [0.15, 0.2) is 0 Å². The number of nitrogens with zero attached hydrogens (tertiary/aromatic N) is 2. The second kappa shape index (κ2) is 5.06. The first-order valence-corrected chi connectivity index (χ1v) is 7.07. The molecule has 2 aliphatic heterocycles. The molecule has 2 amide bonds. The van der Waals surface area contributed by atoms with E-state index in [-0.39, 0.29) is 29.8 Å². The van der Waals surface area contributed by atoms with Crippen LogP contribution in [0.1, 0.15) is 25.7 Å². The molecule has 3 aliphatic rings. The van der Waals surface area contributed by atoms with Crippen LogP contribution in [0.15, 0.2) is 12.2 Å². The Bertz CT molecular complexity index is 395. The Morgan fingerprint density at radius 1 is 1.16 bits per heavy atom. The fourth-order valence-corrected chi connectivity index (χ4v) is 3.37. The van der Waals surface area contributed by atoms with Crippen molar-refractivity contribution in [2.45, 2.75) is 31.8 Å². The molecule has 0 aromatic carbocycles. The lowest BCUT2D eigenvalue weighted by Crippen LogP contribution is -2.47. The van der Waals surface area contributed by atoms with Crippen molar-refractivity contribution in [3.63, 3.8) is 0 Å². The maximum absolute atomic E-state index is 12.3. The number of β-amino-alcohol motifs (C(OH)–C–C–N with tert-alkyl or cyclic N) is 1. The molecule has 0 aromatic rings. The zero-order valence-electron chi connectivity index (χ0n) is 11.0. The SMILES string of the molecule is O=C1[C@H]2CC=CC[C@H]2C(=O)N1CN1CCC[C@@H](O)C1. The lowest BCUT2D eigenvalue weighted by atomic mass is 9.85. The van der Waals surface area contributed by atoms with E-state index in [0.29, 0.717) is 26.1 Å². The molecule has 0 bridgehead atoms. The Kier molecular flexibility index (Phi) is 3.41. The molecule has 0 unspecified atom stereocenters. The number of aliphatic hydroxyl groups is 1. The van der Waals surface area contributed by atoms with Crippen LogP contribution >= 0.6 is 0 Å². The maximum Gasteiger partial charge on any atom is 0.234 e. The van der Waals surface area contributed by atoms with Gasteiger partial charge in [0, 0.05) is 13.1 Å². The third-order valence-electron chi connectivity index (χ3n) is 4.42. The van der Waals surface area contributed by atoms with E-state index in [2.05, 4.69) is 0 Å². The monoisotopic (exact) mass is 264 g/mol. The predicted octanol–water partition coefficient (Wildman–Crippen LogP) is 0.352. The van der Waals surface area contributed by atoms with Gasteiger partial charge in [0.1, 0.15) is 0 Å². The van der Waals surface area contributed by atoms with E-state index in [1.54, 1.807) is 0 Å². The molecule has 0 spiro atoms. The van der Waals surface area contributed by atoms with Crippen molar-refractivity contribution < 1.29 is 14.7 Å². The molecular formula is C14H20N2O3. The minimum atomic E-state index is -0.328. The summed E-state index contributed by atoms with van der Waals surface area (Å²) in [5.74, 6) is -0.349. The van der Waals surface area contributed by atoms with E-state index in [4.69, 9.17) is 0 Å². The van der Waals surface area contributed by atoms with Gasteiger partial charge in [-0.15, -0.1) is 0 Å². The molecule has 0 radical (unpaired) electrons. The number of imide groups is 1. The van der Waals surface area contributed by atoms with Crippen LogP contribution in [-0.2, 0) is 9.59 Å². The molecule has 3 rings (SSSR count). The van der Waals surface area contributed by atoms with Gasteiger partial charge in [-0.2, -0.15) is 0 Å². The van der Waals surface area contributed by atoms with Crippen molar-refractivity contribution in [1.82, 2.24) is 9.80 Å². The van der Waals surface area contributed by atoms with Gasteiger partial charge in [0.05, 0.1) is 24.6 Å². The number of hydrogen-bond acceptors (Lipinski definition) is 4. The van der Waals surface area contributed by atoms with Crippen LogP contribution in [0.25, 0.3) is 0 Å². The lowest BCUT2D eigenvalue weighted by molar-refractivity contribution is -0.143. The molecule has 2 saturated heterocycles. The van der Waals surface area contributed by atoms with E-state index in [1.807, 2.05) is 17.1 Å². The minimum Gasteiger partial charge on any atom is -0.392 e. The summed E-state index contributed by atoms with van der Waals surface area (Å²) in [6, 6.07) is 0. The number of likely N-dealkylation sites (tertiary alicyclic amines) is 2. The molecule has 3 atom stereocenters. The number of piperidine rings is 1. The highest BCUT2D eigenvalue weighted by molar-refractivity contribution is 6.05. The van der Waals surface area contributed by atoms with Gasteiger partial charge in [0.25, 0.3) is 0 Å². The lowest BCUT2D eigenvalue weighted by Gasteiger charge is -2.32. The summed E-state index contributed by atoms with van der Waals surface area (Å²) in [6.45, 7) is 1.76. The summed E-state index contributed by atoms with van der Waals surface area (Å²) < 4.78 is 0. The molecule has 2 heterocycles. The Morgan fingerprint density at radius 3 is 2.37 bits per heavy atom. The fraction of sp³-hybridized carbons (Fsp3) is 0.714. The number of hydrogen-bond donors (Lipinski definition) is 1. The number of carbonyl (C=O) groups excluding carboxylic acids is 2. The van der Waals surface area contributed by atoms with Gasteiger partial charge >= 0.3 is 0 Å². The largest absolute Gasteiger partial charge is 0.392 e. The highest BCUT2D eigenvalue weighted by atomic mass is 16.3. The van der Waals surface area contributed by atoms with Gasteiger partial charge in [-0.05, 0) is 25.7 Å². The van der Waals surface area contributed by atoms with Crippen LogP contribution in [0, 0.1) is 11.8 Å². The van der Waals surface area contributed by atoms with Crippen LogP contribution in [0.5, 0.6) is 0 Å². The standard InChI is InChI=1S/C14H20N2O3/c17-10-4-3-7-15(8-10)9-16-13(18)11-5-1-2-6-12(11)14(16)19/h1-2,10-12,17H,3-9H2/t10-,11-,12+/m1/s1. The first-order chi connectivity index (χ1) is 9.16. The summed E-state index contributed by atoms with van der Waals surface area (Å²) in [7, 11) is 0. The van der Waals surface area contributed by atoms with E-state index in [1.165, 1.54) is 4.90 Å². The summed E-state index contributed by atoms with van der Waals surface area (Å²) in [4.78, 5) is 28.0. The van der Waals surface area contributed by atoms with Crippen molar-refractivity contribution in [2.75, 3.05) is 19.8 Å². The first-order valence-electron chi connectivity index (χ1n) is 7.07. The molecule has 104 valence electrons. The van der Waals surface area contributed by atoms with Gasteiger partial charge in [-0.3, -0.25) is 19.4 Å². The number of aliphatic hydroxyl groups excluding tert-OH is 1. The van der Waals surface area contributed by atoms with Crippen molar-refractivity contribution in [1.29, 1.82) is 0 Å². The molecule has 1 aliphatic carbocycles. The number of rotatable bonds is 2. The third kappa shape index (κ3) is 2.32. The van der Waals surface area contributed by atoms with Crippen LogP contribution in [0.3, 0.4) is 0 Å². The Balaban J connectivity index is 1.68. The van der Waals surface area contributed by atoms with Crippen molar-refractivity contribution in [3.8, 4) is 0 Å². The van der Waals surface area contributed by atoms with Crippen molar-refractivity contribution >= 4 is 11.8 Å². The average molecular weight is 264 g/mol. The molecule has 19 heavy (non-hydrogen) atoms. The van der Waals surface area contributed by atoms with Crippen LogP contribution in [-0.4, -0.2) is 52.6 Å². The van der Waals surface area contributed by atoms with Gasteiger partial charge < -0.3 is 5.11 Å². The second-order valence-corrected chi connectivity index (χ2v) is 5.77.